The normalized spacial score (nSPS) is 18.2. The summed E-state index contributed by atoms with van der Waals surface area (Å²) in [5.41, 5.74) is 0. The standard InChI is InChI=1S/C15H28N4O2S/c1-4-5-10-22(20,21)19-8-6-13(7-9-19)11-14-16-15(12(2)3)18-17-14/h12-13H,4-11H2,1-3H3,(H,16,17,18). The van der Waals surface area contributed by atoms with Crippen molar-refractivity contribution < 1.29 is 8.42 Å². The maximum atomic E-state index is 12.2. The number of nitrogens with one attached hydrogen (secondary N) is 1. The molecule has 0 amide bonds. The quantitative estimate of drug-likeness (QED) is 0.833. The van der Waals surface area contributed by atoms with Gasteiger partial charge in [0.15, 0.2) is 5.82 Å². The van der Waals surface area contributed by atoms with Gasteiger partial charge in [-0.25, -0.2) is 17.7 Å². The molecule has 1 saturated heterocycles. The Balaban J connectivity index is 1.84. The van der Waals surface area contributed by atoms with Gasteiger partial charge in [-0.05, 0) is 25.2 Å². The van der Waals surface area contributed by atoms with Gasteiger partial charge in [-0.3, -0.25) is 5.10 Å². The summed E-state index contributed by atoms with van der Waals surface area (Å²) >= 11 is 0. The van der Waals surface area contributed by atoms with Crippen molar-refractivity contribution in [2.24, 2.45) is 5.92 Å². The SMILES string of the molecule is CCCCS(=O)(=O)N1CCC(Cc2nc(C(C)C)n[nH]2)CC1. The first-order valence-corrected chi connectivity index (χ1v) is 9.92. The average Bonchev–Trinajstić information content (AvgIpc) is 2.94. The fraction of sp³-hybridized carbons (Fsp3) is 0.867. The highest BCUT2D eigenvalue weighted by Crippen LogP contribution is 2.23. The van der Waals surface area contributed by atoms with Crippen molar-refractivity contribution in [3.8, 4) is 0 Å². The summed E-state index contributed by atoms with van der Waals surface area (Å²) in [6.45, 7) is 7.45. The van der Waals surface area contributed by atoms with Gasteiger partial charge < -0.3 is 0 Å². The average molecular weight is 328 g/mol. The smallest absolute Gasteiger partial charge is 0.214 e. The summed E-state index contributed by atoms with van der Waals surface area (Å²) in [5.74, 6) is 2.89. The maximum absolute atomic E-state index is 12.2. The molecule has 0 aliphatic carbocycles. The Kier molecular flexibility index (Phi) is 5.97. The Bertz CT molecular complexity index is 560. The van der Waals surface area contributed by atoms with Crippen LogP contribution in [0.5, 0.6) is 0 Å². The van der Waals surface area contributed by atoms with E-state index in [-0.39, 0.29) is 5.75 Å². The fourth-order valence-corrected chi connectivity index (χ4v) is 4.46. The number of nitrogens with zero attached hydrogens (tertiary/aromatic N) is 3. The number of hydrogen-bond acceptors (Lipinski definition) is 4. The first kappa shape index (κ1) is 17.4. The third-order valence-electron chi connectivity index (χ3n) is 4.27. The van der Waals surface area contributed by atoms with Crippen LogP contribution >= 0.6 is 0 Å². The third kappa shape index (κ3) is 4.52. The highest BCUT2D eigenvalue weighted by Gasteiger charge is 2.28. The van der Waals surface area contributed by atoms with Gasteiger partial charge in [0.1, 0.15) is 5.82 Å². The highest BCUT2D eigenvalue weighted by atomic mass is 32.2. The predicted octanol–water partition coefficient (Wildman–Crippen LogP) is 2.31. The molecule has 1 aromatic rings. The second-order valence-corrected chi connectivity index (χ2v) is 8.60. The van der Waals surface area contributed by atoms with Crippen LogP contribution in [0.15, 0.2) is 0 Å². The number of H-pyrrole nitrogens is 1. The molecule has 1 aliphatic heterocycles. The summed E-state index contributed by atoms with van der Waals surface area (Å²) < 4.78 is 26.0. The van der Waals surface area contributed by atoms with E-state index < -0.39 is 10.0 Å². The lowest BCUT2D eigenvalue weighted by Gasteiger charge is -2.30. The monoisotopic (exact) mass is 328 g/mol. The molecule has 0 unspecified atom stereocenters. The summed E-state index contributed by atoms with van der Waals surface area (Å²) in [7, 11) is -3.05. The van der Waals surface area contributed by atoms with Crippen molar-refractivity contribution in [2.75, 3.05) is 18.8 Å². The number of unbranched alkanes of at least 4 members (excludes halogenated alkanes) is 1. The van der Waals surface area contributed by atoms with Crippen molar-refractivity contribution in [1.82, 2.24) is 19.5 Å². The molecule has 0 atom stereocenters. The van der Waals surface area contributed by atoms with Crippen LogP contribution in [0.1, 0.15) is 64.0 Å². The van der Waals surface area contributed by atoms with Gasteiger partial charge >= 0.3 is 0 Å². The largest absolute Gasteiger partial charge is 0.263 e. The second kappa shape index (κ2) is 7.55. The van der Waals surface area contributed by atoms with Crippen LogP contribution in [0, 0.1) is 5.92 Å². The second-order valence-electron chi connectivity index (χ2n) is 6.51. The molecule has 1 aliphatic rings. The van der Waals surface area contributed by atoms with Crippen molar-refractivity contribution in [3.05, 3.63) is 11.6 Å². The van der Waals surface area contributed by atoms with Crippen molar-refractivity contribution in [1.29, 1.82) is 0 Å². The summed E-state index contributed by atoms with van der Waals surface area (Å²) in [5, 5.41) is 7.24. The maximum Gasteiger partial charge on any atom is 0.214 e. The van der Waals surface area contributed by atoms with E-state index >= 15 is 0 Å². The molecular weight excluding hydrogens is 300 g/mol. The number of aromatic amines is 1. The Labute approximate surface area is 133 Å². The Hall–Kier alpha value is -0.950. The van der Waals surface area contributed by atoms with Gasteiger partial charge in [0.05, 0.1) is 5.75 Å². The number of rotatable bonds is 7. The molecule has 0 bridgehead atoms. The zero-order valence-corrected chi connectivity index (χ0v) is 14.7. The minimum absolute atomic E-state index is 0.286. The molecule has 22 heavy (non-hydrogen) atoms. The summed E-state index contributed by atoms with van der Waals surface area (Å²) in [6, 6.07) is 0. The molecule has 1 N–H and O–H groups in total. The van der Waals surface area contributed by atoms with E-state index in [1.165, 1.54) is 0 Å². The van der Waals surface area contributed by atoms with Crippen LogP contribution < -0.4 is 0 Å². The van der Waals surface area contributed by atoms with Crippen LogP contribution in [0.25, 0.3) is 0 Å². The van der Waals surface area contributed by atoms with Gasteiger partial charge in [0.2, 0.25) is 10.0 Å². The Morgan fingerprint density at radius 3 is 2.55 bits per heavy atom. The van der Waals surface area contributed by atoms with Crippen LogP contribution in [0.2, 0.25) is 0 Å². The predicted molar refractivity (Wildman–Crippen MR) is 87.2 cm³/mol. The summed E-state index contributed by atoms with van der Waals surface area (Å²) in [4.78, 5) is 4.51. The molecule has 1 fully saturated rings. The van der Waals surface area contributed by atoms with Gasteiger partial charge in [-0.1, -0.05) is 27.2 Å². The fourth-order valence-electron chi connectivity index (χ4n) is 2.78. The molecule has 2 heterocycles. The van der Waals surface area contributed by atoms with E-state index in [0.717, 1.165) is 43.8 Å². The number of aromatic nitrogens is 3. The molecule has 2 rings (SSSR count). The first-order valence-electron chi connectivity index (χ1n) is 8.31. The van der Waals surface area contributed by atoms with Crippen molar-refractivity contribution in [3.63, 3.8) is 0 Å². The van der Waals surface area contributed by atoms with E-state index in [0.29, 0.717) is 24.9 Å². The molecule has 0 saturated carbocycles. The Morgan fingerprint density at radius 2 is 2.00 bits per heavy atom. The zero-order valence-electron chi connectivity index (χ0n) is 13.9. The molecule has 0 radical (unpaired) electrons. The van der Waals surface area contributed by atoms with Crippen LogP contribution in [-0.4, -0.2) is 46.7 Å². The van der Waals surface area contributed by atoms with Crippen LogP contribution in [0.4, 0.5) is 0 Å². The third-order valence-corrected chi connectivity index (χ3v) is 6.23. The lowest BCUT2D eigenvalue weighted by atomic mass is 9.94. The minimum Gasteiger partial charge on any atom is -0.263 e. The van der Waals surface area contributed by atoms with E-state index in [9.17, 15) is 8.42 Å². The summed E-state index contributed by atoms with van der Waals surface area (Å²) in [6.07, 6.45) is 4.34. The van der Waals surface area contributed by atoms with Crippen molar-refractivity contribution in [2.45, 2.75) is 58.8 Å². The van der Waals surface area contributed by atoms with Crippen molar-refractivity contribution >= 4 is 10.0 Å². The number of piperidine rings is 1. The van der Waals surface area contributed by atoms with E-state index in [4.69, 9.17) is 0 Å². The molecule has 0 aromatic carbocycles. The van der Waals surface area contributed by atoms with E-state index in [1.54, 1.807) is 4.31 Å². The van der Waals surface area contributed by atoms with Crippen LogP contribution in [-0.2, 0) is 16.4 Å². The van der Waals surface area contributed by atoms with Crippen LogP contribution in [0.3, 0.4) is 0 Å². The number of sulfonamides is 1. The Morgan fingerprint density at radius 1 is 1.32 bits per heavy atom. The lowest BCUT2D eigenvalue weighted by molar-refractivity contribution is 0.270. The van der Waals surface area contributed by atoms with Gasteiger partial charge in [-0.15, -0.1) is 0 Å². The first-order chi connectivity index (χ1) is 10.4. The molecule has 1 aromatic heterocycles. The molecule has 6 nitrogen and oxygen atoms in total. The van der Waals surface area contributed by atoms with E-state index in [1.807, 2.05) is 6.92 Å². The molecule has 0 spiro atoms. The topological polar surface area (TPSA) is 79.0 Å². The van der Waals surface area contributed by atoms with Gasteiger partial charge in [0.25, 0.3) is 0 Å². The van der Waals surface area contributed by atoms with Gasteiger partial charge in [0, 0.05) is 25.4 Å². The highest BCUT2D eigenvalue weighted by molar-refractivity contribution is 7.89. The number of hydrogen-bond donors (Lipinski definition) is 1. The molecular formula is C15H28N4O2S. The minimum atomic E-state index is -3.05. The molecule has 7 heteroatoms. The lowest BCUT2D eigenvalue weighted by Crippen LogP contribution is -2.40. The van der Waals surface area contributed by atoms with E-state index in [2.05, 4.69) is 29.0 Å². The molecule has 126 valence electrons. The van der Waals surface area contributed by atoms with Gasteiger partial charge in [-0.2, -0.15) is 5.10 Å². The zero-order chi connectivity index (χ0) is 16.2.